The Labute approximate surface area is 179 Å². The molecule has 11 heteroatoms. The van der Waals surface area contributed by atoms with Crippen LogP contribution in [0, 0.1) is 10.1 Å². The number of esters is 1. The van der Waals surface area contributed by atoms with Crippen molar-refractivity contribution >= 4 is 44.7 Å². The summed E-state index contributed by atoms with van der Waals surface area (Å²) >= 11 is 1.73. The highest BCUT2D eigenvalue weighted by Gasteiger charge is 2.23. The van der Waals surface area contributed by atoms with Crippen LogP contribution < -0.4 is 10.1 Å². The zero-order chi connectivity index (χ0) is 21.7. The molecule has 0 spiro atoms. The van der Waals surface area contributed by atoms with Crippen LogP contribution in [-0.2, 0) is 4.74 Å². The second kappa shape index (κ2) is 9.46. The van der Waals surface area contributed by atoms with Crippen LogP contribution in [-0.4, -0.2) is 35.0 Å². The Morgan fingerprint density at radius 1 is 1.10 bits per heavy atom. The Kier molecular flexibility index (Phi) is 6.75. The van der Waals surface area contributed by atoms with E-state index in [2.05, 4.69) is 10.3 Å². The minimum atomic E-state index is -0.562. The van der Waals surface area contributed by atoms with E-state index in [4.69, 9.17) is 9.47 Å². The molecular formula is C19H17N3O6S2. The van der Waals surface area contributed by atoms with E-state index in [-0.39, 0.29) is 26.5 Å². The van der Waals surface area contributed by atoms with Crippen LogP contribution in [0.4, 0.5) is 10.1 Å². The van der Waals surface area contributed by atoms with E-state index < -0.39 is 16.8 Å². The number of thiazole rings is 1. The molecule has 0 aliphatic heterocycles. The molecule has 0 atom stereocenters. The number of benzene rings is 1. The number of hydrogen-bond acceptors (Lipinski definition) is 9. The Morgan fingerprint density at radius 3 is 2.43 bits per heavy atom. The van der Waals surface area contributed by atoms with Gasteiger partial charge < -0.3 is 9.47 Å². The third-order valence-corrected chi connectivity index (χ3v) is 5.73. The lowest BCUT2D eigenvalue weighted by Crippen LogP contribution is -2.09. The fraction of sp³-hybridized carbons (Fsp3) is 0.211. The van der Waals surface area contributed by atoms with Gasteiger partial charge in [-0.3, -0.25) is 20.2 Å². The molecular weight excluding hydrogens is 430 g/mol. The lowest BCUT2D eigenvalue weighted by atomic mass is 10.1. The van der Waals surface area contributed by atoms with E-state index in [9.17, 15) is 19.7 Å². The lowest BCUT2D eigenvalue weighted by Gasteiger charge is -2.05. The van der Waals surface area contributed by atoms with Gasteiger partial charge in [-0.1, -0.05) is 22.7 Å². The molecule has 1 N–H and O–H groups in total. The van der Waals surface area contributed by atoms with Gasteiger partial charge in [-0.05, 0) is 44.2 Å². The van der Waals surface area contributed by atoms with Crippen molar-refractivity contribution in [2.45, 2.75) is 13.8 Å². The monoisotopic (exact) mass is 447 g/mol. The minimum absolute atomic E-state index is 0.137. The number of ether oxygens (including phenoxy) is 2. The summed E-state index contributed by atoms with van der Waals surface area (Å²) in [6, 6.07) is 9.67. The van der Waals surface area contributed by atoms with E-state index in [0.717, 1.165) is 22.7 Å². The van der Waals surface area contributed by atoms with E-state index in [0.29, 0.717) is 23.6 Å². The molecule has 1 aromatic carbocycles. The summed E-state index contributed by atoms with van der Waals surface area (Å²) in [5, 5.41) is 13.5. The number of rotatable bonds is 8. The number of nitrogens with one attached hydrogen (secondary N) is 1. The van der Waals surface area contributed by atoms with Gasteiger partial charge in [0.25, 0.3) is 5.91 Å². The molecule has 0 radical (unpaired) electrons. The van der Waals surface area contributed by atoms with Crippen LogP contribution in [0.25, 0.3) is 11.3 Å². The van der Waals surface area contributed by atoms with Gasteiger partial charge in [-0.15, -0.1) is 0 Å². The fourth-order valence-electron chi connectivity index (χ4n) is 2.49. The molecule has 0 bridgehead atoms. The molecule has 0 fully saturated rings. The predicted octanol–water partition coefficient (Wildman–Crippen LogP) is 4.61. The average Bonchev–Trinajstić information content (AvgIpc) is 3.37. The molecule has 3 rings (SSSR count). The number of carbonyl (C=O) groups is 2. The first-order valence-corrected chi connectivity index (χ1v) is 10.5. The Bertz CT molecular complexity index is 1070. The van der Waals surface area contributed by atoms with Gasteiger partial charge in [0.15, 0.2) is 5.13 Å². The molecule has 9 nitrogen and oxygen atoms in total. The van der Waals surface area contributed by atoms with E-state index in [1.807, 2.05) is 6.92 Å². The normalized spacial score (nSPS) is 10.5. The molecule has 30 heavy (non-hydrogen) atoms. The van der Waals surface area contributed by atoms with Crippen LogP contribution >= 0.6 is 22.7 Å². The highest BCUT2D eigenvalue weighted by molar-refractivity contribution is 7.19. The number of hydrogen-bond donors (Lipinski definition) is 1. The first-order valence-electron chi connectivity index (χ1n) is 8.89. The third-order valence-electron chi connectivity index (χ3n) is 3.74. The van der Waals surface area contributed by atoms with Crippen molar-refractivity contribution in [2.75, 3.05) is 18.5 Å². The number of nitrogens with zero attached hydrogens (tertiary/aromatic N) is 2. The lowest BCUT2D eigenvalue weighted by molar-refractivity contribution is -0.380. The van der Waals surface area contributed by atoms with Crippen molar-refractivity contribution in [3.8, 4) is 17.0 Å². The number of carbonyl (C=O) groups excluding carboxylic acids is 2. The van der Waals surface area contributed by atoms with Gasteiger partial charge in [0.1, 0.15) is 10.6 Å². The predicted molar refractivity (Wildman–Crippen MR) is 114 cm³/mol. The molecule has 0 aliphatic carbocycles. The number of aromatic nitrogens is 1. The first kappa shape index (κ1) is 21.4. The summed E-state index contributed by atoms with van der Waals surface area (Å²) in [6.45, 7) is 4.30. The Balaban J connectivity index is 1.89. The SMILES string of the molecule is CCOC(=O)c1sc(NC(=O)c2ccc([N+](=O)[O-])s2)nc1-c1ccc(OCC)cc1. The zero-order valence-electron chi connectivity index (χ0n) is 16.0. The zero-order valence-corrected chi connectivity index (χ0v) is 17.7. The van der Waals surface area contributed by atoms with Crippen LogP contribution in [0.1, 0.15) is 33.2 Å². The number of thiophene rings is 1. The molecule has 156 valence electrons. The molecule has 2 aromatic heterocycles. The third kappa shape index (κ3) is 4.81. The number of anilines is 1. The van der Waals surface area contributed by atoms with Gasteiger partial charge in [-0.25, -0.2) is 9.78 Å². The van der Waals surface area contributed by atoms with Gasteiger partial charge in [0.05, 0.1) is 28.7 Å². The summed E-state index contributed by atoms with van der Waals surface area (Å²) in [7, 11) is 0. The molecule has 0 saturated heterocycles. The summed E-state index contributed by atoms with van der Waals surface area (Å²) in [6.07, 6.45) is 0. The maximum Gasteiger partial charge on any atom is 0.350 e. The van der Waals surface area contributed by atoms with E-state index in [1.165, 1.54) is 12.1 Å². The quantitative estimate of drug-likeness (QED) is 0.304. The van der Waals surface area contributed by atoms with Gasteiger partial charge in [-0.2, -0.15) is 0 Å². The largest absolute Gasteiger partial charge is 0.494 e. The molecule has 2 heterocycles. The maximum atomic E-state index is 12.4. The molecule has 0 aliphatic rings. The molecule has 1 amide bonds. The van der Waals surface area contributed by atoms with Crippen LogP contribution in [0.3, 0.4) is 0 Å². The fourth-order valence-corrected chi connectivity index (χ4v) is 4.08. The standard InChI is InChI=1S/C19H17N3O6S2/c1-3-27-12-7-5-11(6-8-12)15-16(18(24)28-4-2)30-19(20-15)21-17(23)13-9-10-14(29-13)22(25)26/h5-10H,3-4H2,1-2H3,(H,20,21,23). The second-order valence-electron chi connectivity index (χ2n) is 5.72. The van der Waals surface area contributed by atoms with Crippen LogP contribution in [0.2, 0.25) is 0 Å². The summed E-state index contributed by atoms with van der Waals surface area (Å²) in [5.74, 6) is -0.413. The van der Waals surface area contributed by atoms with Crippen molar-refractivity contribution in [1.82, 2.24) is 4.98 Å². The highest BCUT2D eigenvalue weighted by Crippen LogP contribution is 2.33. The van der Waals surface area contributed by atoms with Gasteiger partial charge in [0.2, 0.25) is 0 Å². The maximum absolute atomic E-state index is 12.4. The topological polar surface area (TPSA) is 121 Å². The Morgan fingerprint density at radius 2 is 1.83 bits per heavy atom. The van der Waals surface area contributed by atoms with Crippen molar-refractivity contribution < 1.29 is 24.0 Å². The second-order valence-corrected chi connectivity index (χ2v) is 7.79. The van der Waals surface area contributed by atoms with E-state index >= 15 is 0 Å². The smallest absolute Gasteiger partial charge is 0.350 e. The highest BCUT2D eigenvalue weighted by atomic mass is 32.1. The summed E-state index contributed by atoms with van der Waals surface area (Å²) in [4.78, 5) is 39.9. The Hall–Kier alpha value is -3.31. The minimum Gasteiger partial charge on any atom is -0.494 e. The van der Waals surface area contributed by atoms with Crippen LogP contribution in [0.15, 0.2) is 36.4 Å². The molecule has 3 aromatic rings. The van der Waals surface area contributed by atoms with Crippen molar-refractivity contribution in [3.05, 3.63) is 56.3 Å². The van der Waals surface area contributed by atoms with E-state index in [1.54, 1.807) is 31.2 Å². The van der Waals surface area contributed by atoms with Crippen molar-refractivity contribution in [1.29, 1.82) is 0 Å². The average molecular weight is 447 g/mol. The van der Waals surface area contributed by atoms with Gasteiger partial charge in [0, 0.05) is 11.6 Å². The number of amides is 1. The first-order chi connectivity index (χ1) is 14.4. The number of nitro groups is 1. The van der Waals surface area contributed by atoms with Crippen molar-refractivity contribution in [2.24, 2.45) is 0 Å². The summed E-state index contributed by atoms with van der Waals surface area (Å²) < 4.78 is 10.5. The van der Waals surface area contributed by atoms with Crippen molar-refractivity contribution in [3.63, 3.8) is 0 Å². The van der Waals surface area contributed by atoms with Gasteiger partial charge >= 0.3 is 11.0 Å². The molecule has 0 unspecified atom stereocenters. The summed E-state index contributed by atoms with van der Waals surface area (Å²) in [5.41, 5.74) is 1.03. The molecule has 0 saturated carbocycles. The van der Waals surface area contributed by atoms with Crippen LogP contribution in [0.5, 0.6) is 5.75 Å².